The topological polar surface area (TPSA) is 84.0 Å². The zero-order chi connectivity index (χ0) is 24.9. The molecule has 0 saturated carbocycles. The van der Waals surface area contributed by atoms with Crippen LogP contribution in [0.4, 0.5) is 11.4 Å². The van der Waals surface area contributed by atoms with Crippen LogP contribution in [-0.4, -0.2) is 40.0 Å². The van der Waals surface area contributed by atoms with Gasteiger partial charge in [0.25, 0.3) is 15.9 Å². The van der Waals surface area contributed by atoms with E-state index in [0.29, 0.717) is 17.9 Å². The van der Waals surface area contributed by atoms with Crippen LogP contribution in [0, 0.1) is 6.92 Å². The molecule has 0 radical (unpaired) electrons. The summed E-state index contributed by atoms with van der Waals surface area (Å²) < 4.78 is 32.8. The lowest BCUT2D eigenvalue weighted by molar-refractivity contribution is -0.126. The summed E-state index contributed by atoms with van der Waals surface area (Å²) in [5.74, 6) is -1.15. The monoisotopic (exact) mass is 480 g/mol. The Morgan fingerprint density at radius 2 is 1.56 bits per heavy atom. The van der Waals surface area contributed by atoms with E-state index in [0.717, 1.165) is 9.87 Å². The van der Waals surface area contributed by atoms with Crippen molar-refractivity contribution in [3.63, 3.8) is 0 Å². The highest BCUT2D eigenvalue weighted by atomic mass is 32.2. The molecule has 7 nitrogen and oxygen atoms in total. The summed E-state index contributed by atoms with van der Waals surface area (Å²) in [6, 6.07) is 21.8. The highest BCUT2D eigenvalue weighted by Gasteiger charge is 2.26. The zero-order valence-electron chi connectivity index (χ0n) is 19.6. The first-order chi connectivity index (χ1) is 16.1. The molecule has 1 atom stereocenters. The maximum Gasteiger partial charge on any atom is 0.338 e. The molecular formula is C26H28N2O5S. The minimum atomic E-state index is -3.91. The van der Waals surface area contributed by atoms with Crippen molar-refractivity contribution in [3.05, 3.63) is 90.0 Å². The van der Waals surface area contributed by atoms with Crippen LogP contribution >= 0.6 is 0 Å². The van der Waals surface area contributed by atoms with E-state index < -0.39 is 22.1 Å². The number of aryl methyl sites for hydroxylation is 1. The van der Waals surface area contributed by atoms with Crippen molar-refractivity contribution in [1.82, 2.24) is 0 Å². The average Bonchev–Trinajstić information content (AvgIpc) is 2.85. The molecule has 0 fully saturated rings. The summed E-state index contributed by atoms with van der Waals surface area (Å²) >= 11 is 0. The van der Waals surface area contributed by atoms with E-state index in [9.17, 15) is 18.0 Å². The number of rotatable bonds is 8. The quantitative estimate of drug-likeness (QED) is 0.446. The smallest absolute Gasteiger partial charge is 0.338 e. The maximum atomic E-state index is 13.1. The number of likely N-dealkylation sites (N-methyl/N-ethyl adjacent to an activating group) is 1. The van der Waals surface area contributed by atoms with E-state index in [1.165, 1.54) is 43.1 Å². The Balaban J connectivity index is 1.77. The van der Waals surface area contributed by atoms with Crippen molar-refractivity contribution in [3.8, 4) is 0 Å². The molecule has 0 aromatic heterocycles. The number of carbonyl (C=O) groups excluding carboxylic acids is 2. The Hall–Kier alpha value is -3.65. The van der Waals surface area contributed by atoms with Crippen LogP contribution in [0.15, 0.2) is 83.8 Å². The lowest BCUT2D eigenvalue weighted by Crippen LogP contribution is -2.40. The molecule has 0 aliphatic carbocycles. The molecule has 0 bridgehead atoms. The van der Waals surface area contributed by atoms with Crippen molar-refractivity contribution in [2.75, 3.05) is 22.8 Å². The number of ether oxygens (including phenoxy) is 1. The van der Waals surface area contributed by atoms with Gasteiger partial charge in [0.2, 0.25) is 0 Å². The number of hydrogen-bond donors (Lipinski definition) is 0. The summed E-state index contributed by atoms with van der Waals surface area (Å²) in [6.45, 7) is 5.65. The van der Waals surface area contributed by atoms with Gasteiger partial charge in [-0.05, 0) is 63.2 Å². The molecule has 3 aromatic carbocycles. The molecule has 0 N–H and O–H groups in total. The molecular weight excluding hydrogens is 452 g/mol. The molecule has 0 heterocycles. The van der Waals surface area contributed by atoms with Gasteiger partial charge >= 0.3 is 5.97 Å². The molecule has 3 rings (SSSR count). The third-order valence-corrected chi connectivity index (χ3v) is 7.19. The Morgan fingerprint density at radius 3 is 2.18 bits per heavy atom. The predicted octanol–water partition coefficient (Wildman–Crippen LogP) is 4.42. The number of hydrogen-bond acceptors (Lipinski definition) is 5. The van der Waals surface area contributed by atoms with Crippen molar-refractivity contribution in [2.24, 2.45) is 0 Å². The van der Waals surface area contributed by atoms with Crippen molar-refractivity contribution in [2.45, 2.75) is 31.8 Å². The fourth-order valence-electron chi connectivity index (χ4n) is 3.41. The Labute approximate surface area is 200 Å². The van der Waals surface area contributed by atoms with Gasteiger partial charge in [-0.3, -0.25) is 9.10 Å². The molecule has 3 aromatic rings. The SMILES string of the molecule is CCN(C(=O)[C@@H](C)OC(=O)c1cccc(S(=O)(=O)N(C)c2ccc(C)cc2)c1)c1ccccc1. The van der Waals surface area contributed by atoms with Crippen LogP contribution in [0.2, 0.25) is 0 Å². The van der Waals surface area contributed by atoms with Crippen LogP contribution < -0.4 is 9.21 Å². The van der Waals surface area contributed by atoms with Crippen LogP contribution in [0.1, 0.15) is 29.8 Å². The predicted molar refractivity (Wildman–Crippen MR) is 133 cm³/mol. The van der Waals surface area contributed by atoms with Crippen LogP contribution in [0.25, 0.3) is 0 Å². The lowest BCUT2D eigenvalue weighted by Gasteiger charge is -2.24. The third-order valence-electron chi connectivity index (χ3n) is 5.41. The highest BCUT2D eigenvalue weighted by Crippen LogP contribution is 2.23. The summed E-state index contributed by atoms with van der Waals surface area (Å²) in [4.78, 5) is 27.1. The minimum absolute atomic E-state index is 0.0424. The number of esters is 1. The van der Waals surface area contributed by atoms with Crippen molar-refractivity contribution < 1.29 is 22.7 Å². The fourth-order valence-corrected chi connectivity index (χ4v) is 4.65. The summed E-state index contributed by atoms with van der Waals surface area (Å²) in [5, 5.41) is 0. The van der Waals surface area contributed by atoms with E-state index in [-0.39, 0.29) is 16.4 Å². The zero-order valence-corrected chi connectivity index (χ0v) is 20.5. The minimum Gasteiger partial charge on any atom is -0.449 e. The van der Waals surface area contributed by atoms with Gasteiger partial charge in [0.05, 0.1) is 16.1 Å². The first-order valence-electron chi connectivity index (χ1n) is 10.9. The number of carbonyl (C=O) groups is 2. The Kier molecular flexibility index (Phi) is 7.73. The number of benzene rings is 3. The number of amides is 1. The van der Waals surface area contributed by atoms with Gasteiger partial charge < -0.3 is 9.64 Å². The Morgan fingerprint density at radius 1 is 0.912 bits per heavy atom. The average molecular weight is 481 g/mol. The third kappa shape index (κ3) is 5.46. The van der Waals surface area contributed by atoms with Crippen LogP contribution in [-0.2, 0) is 19.6 Å². The standard InChI is InChI=1S/C26H28N2O5S/c1-5-28(23-11-7-6-8-12-23)25(29)20(3)33-26(30)21-10-9-13-24(18-21)34(31,32)27(4)22-16-14-19(2)15-17-22/h6-18,20H,5H2,1-4H3/t20-/m1/s1. The molecule has 0 aliphatic rings. The molecule has 34 heavy (non-hydrogen) atoms. The summed E-state index contributed by atoms with van der Waals surface area (Å²) in [5.41, 5.74) is 2.25. The van der Waals surface area contributed by atoms with Gasteiger partial charge in [0.1, 0.15) is 0 Å². The van der Waals surface area contributed by atoms with E-state index >= 15 is 0 Å². The van der Waals surface area contributed by atoms with Crippen molar-refractivity contribution >= 4 is 33.3 Å². The molecule has 0 spiro atoms. The molecule has 0 unspecified atom stereocenters. The van der Waals surface area contributed by atoms with E-state index in [1.807, 2.05) is 44.2 Å². The van der Waals surface area contributed by atoms with Gasteiger partial charge in [-0.25, -0.2) is 13.2 Å². The van der Waals surface area contributed by atoms with E-state index in [2.05, 4.69) is 0 Å². The van der Waals surface area contributed by atoms with E-state index in [4.69, 9.17) is 4.74 Å². The summed E-state index contributed by atoms with van der Waals surface area (Å²) in [6.07, 6.45) is -1.05. The number of para-hydroxylation sites is 1. The lowest BCUT2D eigenvalue weighted by atomic mass is 10.2. The molecule has 0 saturated heterocycles. The Bertz CT molecular complexity index is 1260. The number of anilines is 2. The molecule has 178 valence electrons. The van der Waals surface area contributed by atoms with Crippen LogP contribution in [0.3, 0.4) is 0 Å². The van der Waals surface area contributed by atoms with Gasteiger partial charge in [-0.15, -0.1) is 0 Å². The number of nitrogens with zero attached hydrogens (tertiary/aromatic N) is 2. The second kappa shape index (κ2) is 10.5. The van der Waals surface area contributed by atoms with Gasteiger partial charge in [0.15, 0.2) is 6.10 Å². The highest BCUT2D eigenvalue weighted by molar-refractivity contribution is 7.92. The first kappa shape index (κ1) is 25.0. The van der Waals surface area contributed by atoms with Crippen molar-refractivity contribution in [1.29, 1.82) is 0 Å². The maximum absolute atomic E-state index is 13.1. The first-order valence-corrected chi connectivity index (χ1v) is 12.3. The molecule has 8 heteroatoms. The summed E-state index contributed by atoms with van der Waals surface area (Å²) in [7, 11) is -2.46. The molecule has 1 amide bonds. The largest absolute Gasteiger partial charge is 0.449 e. The number of sulfonamides is 1. The normalized spacial score (nSPS) is 12.0. The van der Waals surface area contributed by atoms with Gasteiger partial charge in [-0.1, -0.05) is 42.0 Å². The van der Waals surface area contributed by atoms with E-state index in [1.54, 1.807) is 24.3 Å². The fraction of sp³-hybridized carbons (Fsp3) is 0.231. The van der Waals surface area contributed by atoms with Gasteiger partial charge in [0, 0.05) is 19.3 Å². The second-order valence-corrected chi connectivity index (χ2v) is 9.77. The second-order valence-electron chi connectivity index (χ2n) is 7.80. The molecule has 0 aliphatic heterocycles. The van der Waals surface area contributed by atoms with Gasteiger partial charge in [-0.2, -0.15) is 0 Å². The van der Waals surface area contributed by atoms with Crippen LogP contribution in [0.5, 0.6) is 0 Å².